The Hall–Kier alpha value is -1.74. The lowest BCUT2D eigenvalue weighted by molar-refractivity contribution is 0.0956. The first kappa shape index (κ1) is 12.7. The predicted octanol–water partition coefficient (Wildman–Crippen LogP) is 2.82. The fourth-order valence-electron chi connectivity index (χ4n) is 1.75. The first-order valence-electron chi connectivity index (χ1n) is 5.66. The maximum absolute atomic E-state index is 11.8. The number of amides is 1. The summed E-state index contributed by atoms with van der Waals surface area (Å²) in [5, 5.41) is 4.79. The van der Waals surface area contributed by atoms with E-state index in [0.29, 0.717) is 18.0 Å². The van der Waals surface area contributed by atoms with E-state index in [4.69, 9.17) is 16.3 Å². The number of methoxy groups -OCH3 is 1. The Morgan fingerprint density at radius 2 is 1.94 bits per heavy atom. The standard InChI is InChI=1S/C14H14ClNO2/c1-18-13-5-4-10-8-12(3-2-11(10)9-13)14(17)16-7-6-15/h2-5,8-9H,6-7H2,1H3,(H,16,17). The number of ether oxygens (including phenoxy) is 1. The minimum atomic E-state index is -0.103. The SMILES string of the molecule is COc1ccc2cc(C(=O)NCCCl)ccc2c1. The second kappa shape index (κ2) is 5.74. The topological polar surface area (TPSA) is 38.3 Å². The first-order chi connectivity index (χ1) is 8.74. The van der Waals surface area contributed by atoms with Crippen molar-refractivity contribution in [2.75, 3.05) is 19.5 Å². The summed E-state index contributed by atoms with van der Waals surface area (Å²) in [5.74, 6) is 1.12. The van der Waals surface area contributed by atoms with Gasteiger partial charge in [0.1, 0.15) is 5.75 Å². The van der Waals surface area contributed by atoms with E-state index >= 15 is 0 Å². The summed E-state index contributed by atoms with van der Waals surface area (Å²) in [7, 11) is 1.63. The highest BCUT2D eigenvalue weighted by Crippen LogP contribution is 2.21. The van der Waals surface area contributed by atoms with E-state index in [1.54, 1.807) is 13.2 Å². The van der Waals surface area contributed by atoms with Crippen molar-refractivity contribution < 1.29 is 9.53 Å². The van der Waals surface area contributed by atoms with Crippen molar-refractivity contribution in [3.8, 4) is 5.75 Å². The van der Waals surface area contributed by atoms with E-state index in [1.807, 2.05) is 30.3 Å². The van der Waals surface area contributed by atoms with Gasteiger partial charge in [0.15, 0.2) is 0 Å². The van der Waals surface area contributed by atoms with Crippen LogP contribution in [-0.4, -0.2) is 25.4 Å². The molecule has 0 radical (unpaired) electrons. The van der Waals surface area contributed by atoms with Gasteiger partial charge in [0.25, 0.3) is 5.91 Å². The minimum Gasteiger partial charge on any atom is -0.497 e. The van der Waals surface area contributed by atoms with E-state index in [1.165, 1.54) is 0 Å². The molecule has 0 saturated carbocycles. The van der Waals surface area contributed by atoms with Crippen molar-refractivity contribution in [1.82, 2.24) is 5.32 Å². The van der Waals surface area contributed by atoms with Crippen LogP contribution < -0.4 is 10.1 Å². The van der Waals surface area contributed by atoms with Crippen LogP contribution in [0.3, 0.4) is 0 Å². The lowest BCUT2D eigenvalue weighted by Crippen LogP contribution is -2.25. The number of alkyl halides is 1. The van der Waals surface area contributed by atoms with Gasteiger partial charge < -0.3 is 10.1 Å². The van der Waals surface area contributed by atoms with Crippen LogP contribution in [0.25, 0.3) is 10.8 Å². The molecule has 0 aliphatic carbocycles. The molecule has 0 aromatic heterocycles. The number of halogens is 1. The Morgan fingerprint density at radius 3 is 2.67 bits per heavy atom. The van der Waals surface area contributed by atoms with Gasteiger partial charge in [-0.25, -0.2) is 0 Å². The second-order valence-electron chi connectivity index (χ2n) is 3.87. The van der Waals surface area contributed by atoms with Gasteiger partial charge in [0.05, 0.1) is 7.11 Å². The summed E-state index contributed by atoms with van der Waals surface area (Å²) >= 11 is 5.53. The number of carbonyl (C=O) groups is 1. The highest BCUT2D eigenvalue weighted by atomic mass is 35.5. The summed E-state index contributed by atoms with van der Waals surface area (Å²) in [6.45, 7) is 0.473. The molecule has 18 heavy (non-hydrogen) atoms. The number of rotatable bonds is 4. The molecule has 0 unspecified atom stereocenters. The molecule has 0 bridgehead atoms. The zero-order chi connectivity index (χ0) is 13.0. The molecule has 0 spiro atoms. The third-order valence-electron chi connectivity index (χ3n) is 2.69. The largest absolute Gasteiger partial charge is 0.497 e. The van der Waals surface area contributed by atoms with E-state index in [-0.39, 0.29) is 5.91 Å². The van der Waals surface area contributed by atoms with Crippen LogP contribution in [-0.2, 0) is 0 Å². The molecule has 0 saturated heterocycles. The fraction of sp³-hybridized carbons (Fsp3) is 0.214. The van der Waals surface area contributed by atoms with Crippen LogP contribution in [0.5, 0.6) is 5.75 Å². The smallest absolute Gasteiger partial charge is 0.251 e. The van der Waals surface area contributed by atoms with Gasteiger partial charge in [-0.15, -0.1) is 11.6 Å². The Kier molecular flexibility index (Phi) is 4.05. The maximum Gasteiger partial charge on any atom is 0.251 e. The zero-order valence-corrected chi connectivity index (χ0v) is 10.8. The Bertz CT molecular complexity index is 569. The molecule has 4 heteroatoms. The van der Waals surface area contributed by atoms with Crippen molar-refractivity contribution >= 4 is 28.3 Å². The minimum absolute atomic E-state index is 0.103. The van der Waals surface area contributed by atoms with Gasteiger partial charge in [-0.2, -0.15) is 0 Å². The normalized spacial score (nSPS) is 10.3. The third-order valence-corrected chi connectivity index (χ3v) is 2.88. The molecule has 94 valence electrons. The number of hydrogen-bond acceptors (Lipinski definition) is 2. The van der Waals surface area contributed by atoms with E-state index in [9.17, 15) is 4.79 Å². The molecule has 0 fully saturated rings. The van der Waals surface area contributed by atoms with Crippen LogP contribution in [0.4, 0.5) is 0 Å². The highest BCUT2D eigenvalue weighted by Gasteiger charge is 2.05. The van der Waals surface area contributed by atoms with Crippen molar-refractivity contribution in [3.05, 3.63) is 42.0 Å². The van der Waals surface area contributed by atoms with Crippen molar-refractivity contribution in [1.29, 1.82) is 0 Å². The summed E-state index contributed by atoms with van der Waals surface area (Å²) in [4.78, 5) is 11.8. The van der Waals surface area contributed by atoms with Crippen LogP contribution >= 0.6 is 11.6 Å². The number of carbonyl (C=O) groups excluding carboxylic acids is 1. The molecule has 2 rings (SSSR count). The van der Waals surface area contributed by atoms with Gasteiger partial charge in [-0.05, 0) is 35.0 Å². The lowest BCUT2D eigenvalue weighted by atomic mass is 10.1. The molecular weight excluding hydrogens is 250 g/mol. The quantitative estimate of drug-likeness (QED) is 0.862. The fourth-order valence-corrected chi connectivity index (χ4v) is 1.85. The van der Waals surface area contributed by atoms with E-state index < -0.39 is 0 Å². The molecule has 0 atom stereocenters. The first-order valence-corrected chi connectivity index (χ1v) is 6.20. The summed E-state index contributed by atoms with van der Waals surface area (Å²) < 4.78 is 5.16. The van der Waals surface area contributed by atoms with Gasteiger partial charge in [0, 0.05) is 18.0 Å². The van der Waals surface area contributed by atoms with Gasteiger partial charge in [-0.3, -0.25) is 4.79 Å². The molecule has 1 N–H and O–H groups in total. The molecule has 0 heterocycles. The summed E-state index contributed by atoms with van der Waals surface area (Å²) in [5.41, 5.74) is 0.637. The Morgan fingerprint density at radius 1 is 1.22 bits per heavy atom. The molecule has 3 nitrogen and oxygen atoms in total. The molecule has 0 aliphatic rings. The number of benzene rings is 2. The van der Waals surface area contributed by atoms with Gasteiger partial charge in [0.2, 0.25) is 0 Å². The van der Waals surface area contributed by atoms with E-state index in [0.717, 1.165) is 16.5 Å². The van der Waals surface area contributed by atoms with Crippen molar-refractivity contribution in [3.63, 3.8) is 0 Å². The molecule has 1 amide bonds. The Labute approximate surface area is 111 Å². The van der Waals surface area contributed by atoms with Crippen LogP contribution in [0.1, 0.15) is 10.4 Å². The number of hydrogen-bond donors (Lipinski definition) is 1. The molecule has 2 aromatic rings. The van der Waals surface area contributed by atoms with E-state index in [2.05, 4.69) is 5.32 Å². The van der Waals surface area contributed by atoms with Crippen LogP contribution in [0.2, 0.25) is 0 Å². The van der Waals surface area contributed by atoms with Crippen LogP contribution in [0.15, 0.2) is 36.4 Å². The molecule has 0 aliphatic heterocycles. The molecule has 2 aromatic carbocycles. The van der Waals surface area contributed by atoms with Crippen LogP contribution in [0, 0.1) is 0 Å². The van der Waals surface area contributed by atoms with Crippen molar-refractivity contribution in [2.24, 2.45) is 0 Å². The van der Waals surface area contributed by atoms with Gasteiger partial charge >= 0.3 is 0 Å². The summed E-state index contributed by atoms with van der Waals surface area (Å²) in [6.07, 6.45) is 0. The van der Waals surface area contributed by atoms with Crippen molar-refractivity contribution in [2.45, 2.75) is 0 Å². The zero-order valence-electron chi connectivity index (χ0n) is 10.1. The number of fused-ring (bicyclic) bond motifs is 1. The van der Waals surface area contributed by atoms with Gasteiger partial charge in [-0.1, -0.05) is 12.1 Å². The summed E-state index contributed by atoms with van der Waals surface area (Å²) in [6, 6.07) is 11.3. The lowest BCUT2D eigenvalue weighted by Gasteiger charge is -2.06. The predicted molar refractivity (Wildman–Crippen MR) is 73.6 cm³/mol. The highest BCUT2D eigenvalue weighted by molar-refractivity contribution is 6.18. The number of nitrogens with one attached hydrogen (secondary N) is 1. The average molecular weight is 264 g/mol. The second-order valence-corrected chi connectivity index (χ2v) is 4.25. The molecular formula is C14H14ClNO2. The third kappa shape index (κ3) is 2.74. The maximum atomic E-state index is 11.8. The Balaban J connectivity index is 2.30. The monoisotopic (exact) mass is 263 g/mol. The average Bonchev–Trinajstić information content (AvgIpc) is 2.43.